The predicted octanol–water partition coefficient (Wildman–Crippen LogP) is 3.34. The minimum absolute atomic E-state index is 1.07. The third-order valence-electron chi connectivity index (χ3n) is 3.88. The van der Waals surface area contributed by atoms with Gasteiger partial charge in [-0.3, -0.25) is 0 Å². The number of hydrogen-bond acceptors (Lipinski definition) is 2. The van der Waals surface area contributed by atoms with Crippen molar-refractivity contribution >= 4 is 5.69 Å². The lowest BCUT2D eigenvalue weighted by Crippen LogP contribution is -2.25. The first-order valence-electron chi connectivity index (χ1n) is 6.90. The number of anilines is 1. The van der Waals surface area contributed by atoms with Crippen LogP contribution < -0.4 is 10.2 Å². The summed E-state index contributed by atoms with van der Waals surface area (Å²) < 4.78 is 0. The summed E-state index contributed by atoms with van der Waals surface area (Å²) in [5.41, 5.74) is 5.85. The van der Waals surface area contributed by atoms with Gasteiger partial charge in [-0.1, -0.05) is 23.8 Å². The van der Waals surface area contributed by atoms with Gasteiger partial charge in [-0.25, -0.2) is 0 Å². The van der Waals surface area contributed by atoms with Gasteiger partial charge in [0.25, 0.3) is 0 Å². The van der Waals surface area contributed by atoms with E-state index in [1.54, 1.807) is 0 Å². The molecule has 2 rings (SSSR count). The maximum absolute atomic E-state index is 3.23. The first kappa shape index (κ1) is 13.2. The van der Waals surface area contributed by atoms with Crippen molar-refractivity contribution < 1.29 is 0 Å². The fraction of sp³-hybridized carbons (Fsp3) is 0.500. The van der Waals surface area contributed by atoms with Crippen molar-refractivity contribution in [2.75, 3.05) is 25.0 Å². The Morgan fingerprint density at radius 1 is 1.17 bits per heavy atom. The fourth-order valence-corrected chi connectivity index (χ4v) is 2.60. The molecule has 0 atom stereocenters. The second-order valence-electron chi connectivity index (χ2n) is 5.10. The van der Waals surface area contributed by atoms with Gasteiger partial charge in [0, 0.05) is 17.9 Å². The molecule has 0 saturated heterocycles. The van der Waals surface area contributed by atoms with E-state index in [4.69, 9.17) is 0 Å². The Morgan fingerprint density at radius 2 is 1.94 bits per heavy atom. The SMILES string of the molecule is CNCCCN1C(C)=C(C)CCc2ccccc21. The van der Waals surface area contributed by atoms with Crippen molar-refractivity contribution in [3.63, 3.8) is 0 Å². The molecule has 0 amide bonds. The van der Waals surface area contributed by atoms with Crippen LogP contribution in [0.2, 0.25) is 0 Å². The molecular formula is C16H24N2. The summed E-state index contributed by atoms with van der Waals surface area (Å²) in [6.07, 6.45) is 3.53. The van der Waals surface area contributed by atoms with Crippen LogP contribution in [0.15, 0.2) is 35.5 Å². The average molecular weight is 244 g/mol. The maximum Gasteiger partial charge on any atom is 0.0440 e. The molecule has 1 heterocycles. The molecule has 98 valence electrons. The van der Waals surface area contributed by atoms with E-state index in [1.807, 2.05) is 7.05 Å². The van der Waals surface area contributed by atoms with Crippen LogP contribution >= 0.6 is 0 Å². The van der Waals surface area contributed by atoms with Gasteiger partial charge in [0.05, 0.1) is 0 Å². The zero-order valence-electron chi connectivity index (χ0n) is 11.8. The van der Waals surface area contributed by atoms with E-state index in [-0.39, 0.29) is 0 Å². The van der Waals surface area contributed by atoms with Crippen LogP contribution in [0.4, 0.5) is 5.69 Å². The standard InChI is InChI=1S/C16H24N2/c1-13-9-10-15-7-4-5-8-16(15)18(14(13)2)12-6-11-17-3/h4-5,7-8,17H,6,9-12H2,1-3H3. The predicted molar refractivity (Wildman–Crippen MR) is 79.0 cm³/mol. The highest BCUT2D eigenvalue weighted by Gasteiger charge is 2.17. The molecule has 1 aromatic rings. The third-order valence-corrected chi connectivity index (χ3v) is 3.88. The Kier molecular flexibility index (Phi) is 4.43. The largest absolute Gasteiger partial charge is 0.345 e. The average Bonchev–Trinajstić information content (AvgIpc) is 2.51. The topological polar surface area (TPSA) is 15.3 Å². The summed E-state index contributed by atoms with van der Waals surface area (Å²) in [6.45, 7) is 6.70. The Hall–Kier alpha value is -1.28. The van der Waals surface area contributed by atoms with Crippen molar-refractivity contribution in [2.45, 2.75) is 33.1 Å². The minimum Gasteiger partial charge on any atom is -0.345 e. The van der Waals surface area contributed by atoms with E-state index in [9.17, 15) is 0 Å². The zero-order valence-corrected chi connectivity index (χ0v) is 11.8. The lowest BCUT2D eigenvalue weighted by atomic mass is 10.1. The Balaban J connectivity index is 2.28. The first-order chi connectivity index (χ1) is 8.74. The van der Waals surface area contributed by atoms with Gasteiger partial charge >= 0.3 is 0 Å². The third kappa shape index (κ3) is 2.75. The summed E-state index contributed by atoms with van der Waals surface area (Å²) in [4.78, 5) is 2.50. The maximum atomic E-state index is 3.23. The van der Waals surface area contributed by atoms with Gasteiger partial charge in [-0.15, -0.1) is 0 Å². The second kappa shape index (κ2) is 6.05. The molecule has 1 aliphatic rings. The monoisotopic (exact) mass is 244 g/mol. The van der Waals surface area contributed by atoms with Gasteiger partial charge in [0.15, 0.2) is 0 Å². The molecular weight excluding hydrogens is 220 g/mol. The number of benzene rings is 1. The van der Waals surface area contributed by atoms with Gasteiger partial charge in [0.2, 0.25) is 0 Å². The quantitative estimate of drug-likeness (QED) is 0.817. The summed E-state index contributed by atoms with van der Waals surface area (Å²) in [7, 11) is 2.02. The van der Waals surface area contributed by atoms with E-state index in [0.29, 0.717) is 0 Å². The summed E-state index contributed by atoms with van der Waals surface area (Å²) in [5, 5.41) is 3.23. The van der Waals surface area contributed by atoms with Crippen molar-refractivity contribution in [1.82, 2.24) is 5.32 Å². The highest BCUT2D eigenvalue weighted by atomic mass is 15.1. The molecule has 0 spiro atoms. The van der Waals surface area contributed by atoms with E-state index < -0.39 is 0 Å². The normalized spacial score (nSPS) is 15.6. The van der Waals surface area contributed by atoms with Crippen LogP contribution in [0, 0.1) is 0 Å². The summed E-state index contributed by atoms with van der Waals surface area (Å²) in [5.74, 6) is 0. The number of aryl methyl sites for hydroxylation is 1. The number of nitrogens with zero attached hydrogens (tertiary/aromatic N) is 1. The van der Waals surface area contributed by atoms with Crippen LogP contribution in [-0.2, 0) is 6.42 Å². The molecule has 1 aliphatic heterocycles. The van der Waals surface area contributed by atoms with E-state index in [1.165, 1.54) is 41.8 Å². The lowest BCUT2D eigenvalue weighted by Gasteiger charge is -2.27. The summed E-state index contributed by atoms with van der Waals surface area (Å²) in [6, 6.07) is 8.83. The van der Waals surface area contributed by atoms with Crippen molar-refractivity contribution in [1.29, 1.82) is 0 Å². The molecule has 0 unspecified atom stereocenters. The van der Waals surface area contributed by atoms with Crippen molar-refractivity contribution in [2.24, 2.45) is 0 Å². The van der Waals surface area contributed by atoms with Crippen molar-refractivity contribution in [3.8, 4) is 0 Å². The van der Waals surface area contributed by atoms with E-state index >= 15 is 0 Å². The Morgan fingerprint density at radius 3 is 2.72 bits per heavy atom. The molecule has 0 aromatic heterocycles. The second-order valence-corrected chi connectivity index (χ2v) is 5.10. The molecule has 0 bridgehead atoms. The van der Waals surface area contributed by atoms with Crippen LogP contribution in [0.5, 0.6) is 0 Å². The Labute approximate surface area is 111 Å². The van der Waals surface area contributed by atoms with Crippen molar-refractivity contribution in [3.05, 3.63) is 41.1 Å². The molecule has 0 radical (unpaired) electrons. The van der Waals surface area contributed by atoms with Crippen LogP contribution in [0.1, 0.15) is 32.3 Å². The number of allylic oxidation sites excluding steroid dienone is 2. The number of para-hydroxylation sites is 1. The van der Waals surface area contributed by atoms with Crippen LogP contribution in [0.3, 0.4) is 0 Å². The molecule has 2 heteroatoms. The molecule has 18 heavy (non-hydrogen) atoms. The molecule has 0 aliphatic carbocycles. The first-order valence-corrected chi connectivity index (χ1v) is 6.90. The van der Waals surface area contributed by atoms with Gasteiger partial charge in [-0.2, -0.15) is 0 Å². The van der Waals surface area contributed by atoms with Gasteiger partial charge in [0.1, 0.15) is 0 Å². The zero-order chi connectivity index (χ0) is 13.0. The number of rotatable bonds is 4. The summed E-state index contributed by atoms with van der Waals surface area (Å²) >= 11 is 0. The highest BCUT2D eigenvalue weighted by molar-refractivity contribution is 5.59. The minimum atomic E-state index is 1.07. The van der Waals surface area contributed by atoms with Crippen LogP contribution in [-0.4, -0.2) is 20.1 Å². The fourth-order valence-electron chi connectivity index (χ4n) is 2.60. The number of fused-ring (bicyclic) bond motifs is 1. The molecule has 1 aromatic carbocycles. The van der Waals surface area contributed by atoms with Crippen LogP contribution in [0.25, 0.3) is 0 Å². The molecule has 0 saturated carbocycles. The lowest BCUT2D eigenvalue weighted by molar-refractivity contribution is 0.711. The Bertz CT molecular complexity index is 434. The van der Waals surface area contributed by atoms with Gasteiger partial charge < -0.3 is 10.2 Å². The van der Waals surface area contributed by atoms with E-state index in [2.05, 4.69) is 48.3 Å². The number of nitrogens with one attached hydrogen (secondary N) is 1. The highest BCUT2D eigenvalue weighted by Crippen LogP contribution is 2.31. The molecule has 1 N–H and O–H groups in total. The smallest absolute Gasteiger partial charge is 0.0440 e. The number of hydrogen-bond donors (Lipinski definition) is 1. The molecule has 0 fully saturated rings. The van der Waals surface area contributed by atoms with E-state index in [0.717, 1.165) is 13.1 Å². The van der Waals surface area contributed by atoms with Gasteiger partial charge in [-0.05, 0) is 58.3 Å². The molecule has 2 nitrogen and oxygen atoms in total.